The van der Waals surface area contributed by atoms with Crippen LogP contribution in [0.2, 0.25) is 22.2 Å². The minimum Gasteiger partial charge on any atom is -0.414 e. The van der Waals surface area contributed by atoms with Crippen molar-refractivity contribution < 1.29 is 27.6 Å². The highest BCUT2D eigenvalue weighted by atomic mass is 28.5. The smallest absolute Gasteiger partial charge is 0.335 e. The Hall–Kier alpha value is -2.53. The van der Waals surface area contributed by atoms with Crippen LogP contribution in [-0.4, -0.2) is 72.6 Å². The van der Waals surface area contributed by atoms with Crippen molar-refractivity contribution in [3.8, 4) is 0 Å². The molecule has 3 aromatic rings. The summed E-state index contributed by atoms with van der Waals surface area (Å²) in [7, 11) is -5.69. The van der Waals surface area contributed by atoms with Gasteiger partial charge < -0.3 is 28.1 Å². The van der Waals surface area contributed by atoms with E-state index in [0.29, 0.717) is 16.7 Å². The standard InChI is InChI=1S/C29H43N5O6Si2/c1-17(2)41(18(3)4)37-14-22-25(39-42(40-41,19(5)6)20(7)8)24(35)29(38-22)34-16-32-23-26(30-15-31-27(23)34)33-28(36)21-12-10-9-11-13-21/h9-13,15-20,22,24-25,29,35H,14H2,1-8H3,(H,30,31,33,36)/t22-,24+,25-,29+/m0/s1. The number of fused-ring (bicyclic) bond motifs is 2. The van der Waals surface area contributed by atoms with E-state index < -0.39 is 41.7 Å². The lowest BCUT2D eigenvalue weighted by molar-refractivity contribution is -0.0570. The van der Waals surface area contributed by atoms with E-state index in [1.807, 2.05) is 6.07 Å². The number of aliphatic hydroxyl groups excluding tert-OH is 1. The Labute approximate surface area is 249 Å². The Morgan fingerprint density at radius 2 is 1.60 bits per heavy atom. The maximum atomic E-state index is 12.8. The van der Waals surface area contributed by atoms with E-state index in [9.17, 15) is 9.90 Å². The molecule has 0 radical (unpaired) electrons. The number of rotatable bonds is 7. The Morgan fingerprint density at radius 3 is 2.21 bits per heavy atom. The molecule has 228 valence electrons. The molecule has 13 heteroatoms. The summed E-state index contributed by atoms with van der Waals surface area (Å²) < 4.78 is 29.3. The SMILES string of the molecule is CC(C)[Si]1(C(C)C)OC[C@@H]2O[C@@H](n3cnc4c(NC(=O)c5ccccc5)ncnc43)[C@H](O)[C@H]2O[Si](C(C)C)(C(C)C)O1. The quantitative estimate of drug-likeness (QED) is 0.341. The third-order valence-electron chi connectivity index (χ3n) is 8.54. The Bertz CT molecular complexity index is 1390. The van der Waals surface area contributed by atoms with Gasteiger partial charge in [-0.25, -0.2) is 15.0 Å². The second-order valence-electron chi connectivity index (χ2n) is 12.5. The zero-order chi connectivity index (χ0) is 30.4. The first-order valence-corrected chi connectivity index (χ1v) is 18.7. The molecule has 11 nitrogen and oxygen atoms in total. The van der Waals surface area contributed by atoms with Crippen LogP contribution in [-0.2, 0) is 17.7 Å². The third kappa shape index (κ3) is 5.25. The average Bonchev–Trinajstić information content (AvgIpc) is 3.49. The lowest BCUT2D eigenvalue weighted by Crippen LogP contribution is -2.65. The summed E-state index contributed by atoms with van der Waals surface area (Å²) in [6.07, 6.45) is -0.125. The molecule has 1 amide bonds. The number of ether oxygens (including phenoxy) is 1. The van der Waals surface area contributed by atoms with E-state index >= 15 is 0 Å². The van der Waals surface area contributed by atoms with Gasteiger partial charge in [0.05, 0.1) is 12.9 Å². The highest BCUT2D eigenvalue weighted by molar-refractivity contribution is 6.84. The number of nitrogens with zero attached hydrogens (tertiary/aromatic N) is 4. The van der Waals surface area contributed by atoms with Gasteiger partial charge in [-0.3, -0.25) is 9.36 Å². The number of aromatic nitrogens is 4. The molecule has 1 aromatic carbocycles. The molecule has 0 spiro atoms. The number of benzene rings is 1. The third-order valence-corrected chi connectivity index (χ3v) is 18.8. The van der Waals surface area contributed by atoms with Gasteiger partial charge in [0.15, 0.2) is 23.2 Å². The lowest BCUT2D eigenvalue weighted by atomic mass is 10.1. The first kappa shape index (κ1) is 30.9. The first-order valence-electron chi connectivity index (χ1n) is 14.8. The average molecular weight is 614 g/mol. The molecule has 2 aliphatic rings. The van der Waals surface area contributed by atoms with Gasteiger partial charge in [-0.2, -0.15) is 0 Å². The van der Waals surface area contributed by atoms with Crippen LogP contribution >= 0.6 is 0 Å². The molecule has 0 aliphatic carbocycles. The molecule has 2 N–H and O–H groups in total. The van der Waals surface area contributed by atoms with Gasteiger partial charge in [-0.1, -0.05) is 73.6 Å². The molecule has 4 atom stereocenters. The minimum absolute atomic E-state index is 0.119. The van der Waals surface area contributed by atoms with Crippen LogP contribution in [0.1, 0.15) is 72.0 Å². The summed E-state index contributed by atoms with van der Waals surface area (Å²) in [5.74, 6) is -0.0345. The fraction of sp³-hybridized carbons (Fsp3) is 0.586. The van der Waals surface area contributed by atoms with E-state index in [1.54, 1.807) is 35.2 Å². The molecule has 42 heavy (non-hydrogen) atoms. The fourth-order valence-corrected chi connectivity index (χ4v) is 17.5. The first-order chi connectivity index (χ1) is 19.9. The molecule has 2 fully saturated rings. The Balaban J connectivity index is 1.49. The second-order valence-corrected chi connectivity index (χ2v) is 21.3. The molecule has 4 heterocycles. The molecule has 0 saturated carbocycles. The van der Waals surface area contributed by atoms with E-state index in [0.717, 1.165) is 0 Å². The predicted octanol–water partition coefficient (Wildman–Crippen LogP) is 5.29. The maximum absolute atomic E-state index is 12.8. The number of anilines is 1. The number of hydrogen-bond donors (Lipinski definition) is 2. The molecular formula is C29H43N5O6Si2. The largest absolute Gasteiger partial charge is 0.414 e. The second kappa shape index (κ2) is 11.9. The number of carbonyl (C=O) groups excluding carboxylic acids is 1. The number of imidazole rings is 1. The molecule has 2 aromatic heterocycles. The summed E-state index contributed by atoms with van der Waals surface area (Å²) in [5.41, 5.74) is 1.95. The Morgan fingerprint density at radius 1 is 0.952 bits per heavy atom. The van der Waals surface area contributed by atoms with E-state index in [-0.39, 0.29) is 40.5 Å². The van der Waals surface area contributed by atoms with Gasteiger partial charge in [0.25, 0.3) is 5.91 Å². The van der Waals surface area contributed by atoms with Crippen molar-refractivity contribution in [1.29, 1.82) is 0 Å². The van der Waals surface area contributed by atoms with Gasteiger partial charge >= 0.3 is 17.1 Å². The number of aliphatic hydroxyl groups is 1. The molecule has 5 rings (SSSR count). The maximum Gasteiger partial charge on any atom is 0.335 e. The fourth-order valence-electron chi connectivity index (χ4n) is 6.27. The number of carbonyl (C=O) groups is 1. The topological polar surface area (TPSA) is 130 Å². The van der Waals surface area contributed by atoms with Crippen molar-refractivity contribution >= 4 is 40.0 Å². The summed E-state index contributed by atoms with van der Waals surface area (Å²) in [6, 6.07) is 8.88. The number of hydrogen-bond acceptors (Lipinski definition) is 9. The van der Waals surface area contributed by atoms with Crippen LogP contribution < -0.4 is 5.32 Å². The van der Waals surface area contributed by atoms with Gasteiger partial charge in [-0.05, 0) is 34.3 Å². The van der Waals surface area contributed by atoms with E-state index in [4.69, 9.17) is 17.7 Å². The van der Waals surface area contributed by atoms with Crippen molar-refractivity contribution in [1.82, 2.24) is 19.5 Å². The zero-order valence-corrected chi connectivity index (χ0v) is 27.6. The molecule has 2 aliphatic heterocycles. The summed E-state index contributed by atoms with van der Waals surface area (Å²) in [6.45, 7) is 17.5. The van der Waals surface area contributed by atoms with Crippen molar-refractivity contribution in [2.45, 2.75) is 102 Å². The minimum atomic E-state index is -2.94. The summed E-state index contributed by atoms with van der Waals surface area (Å²) in [5, 5.41) is 14.6. The predicted molar refractivity (Wildman–Crippen MR) is 163 cm³/mol. The normalized spacial score (nSPS) is 25.6. The van der Waals surface area contributed by atoms with Gasteiger partial charge in [0.1, 0.15) is 24.6 Å². The molecular weight excluding hydrogens is 571 g/mol. The van der Waals surface area contributed by atoms with Gasteiger partial charge in [0, 0.05) is 5.56 Å². The van der Waals surface area contributed by atoms with E-state index in [1.165, 1.54) is 6.33 Å². The van der Waals surface area contributed by atoms with Crippen molar-refractivity contribution in [3.63, 3.8) is 0 Å². The van der Waals surface area contributed by atoms with Crippen LogP contribution in [0.15, 0.2) is 43.0 Å². The van der Waals surface area contributed by atoms with E-state index in [2.05, 4.69) is 75.7 Å². The number of nitrogens with one attached hydrogen (secondary N) is 1. The molecule has 0 bridgehead atoms. The zero-order valence-electron chi connectivity index (χ0n) is 25.6. The van der Waals surface area contributed by atoms with Gasteiger partial charge in [-0.15, -0.1) is 0 Å². The molecule has 0 unspecified atom stereocenters. The van der Waals surface area contributed by atoms with Crippen LogP contribution in [0.25, 0.3) is 11.2 Å². The van der Waals surface area contributed by atoms with Crippen LogP contribution in [0.3, 0.4) is 0 Å². The van der Waals surface area contributed by atoms with Gasteiger partial charge in [0.2, 0.25) is 0 Å². The number of amides is 1. The van der Waals surface area contributed by atoms with Crippen LogP contribution in [0.4, 0.5) is 5.82 Å². The Kier molecular flexibility index (Phi) is 8.74. The van der Waals surface area contributed by atoms with Crippen molar-refractivity contribution in [2.24, 2.45) is 0 Å². The van der Waals surface area contributed by atoms with Crippen LogP contribution in [0.5, 0.6) is 0 Å². The van der Waals surface area contributed by atoms with Crippen molar-refractivity contribution in [3.05, 3.63) is 48.5 Å². The summed E-state index contributed by atoms with van der Waals surface area (Å²) >= 11 is 0. The van der Waals surface area contributed by atoms with Crippen LogP contribution in [0, 0.1) is 0 Å². The monoisotopic (exact) mass is 613 g/mol. The highest BCUT2D eigenvalue weighted by Gasteiger charge is 2.61. The molecule has 2 saturated heterocycles. The summed E-state index contributed by atoms with van der Waals surface area (Å²) in [4.78, 5) is 26.0. The highest BCUT2D eigenvalue weighted by Crippen LogP contribution is 2.48. The van der Waals surface area contributed by atoms with Crippen molar-refractivity contribution in [2.75, 3.05) is 11.9 Å². The lowest BCUT2D eigenvalue weighted by Gasteiger charge is -2.51.